The number of hydrogen-bond donors (Lipinski definition) is 5. The second-order valence-corrected chi connectivity index (χ2v) is 12.7. The van der Waals surface area contributed by atoms with Crippen LogP contribution in [0.2, 0.25) is 5.02 Å². The number of fused-ring (bicyclic) bond motifs is 4. The van der Waals surface area contributed by atoms with Crippen molar-refractivity contribution < 1.29 is 29.3 Å². The smallest absolute Gasteiger partial charge is 0.336 e. The van der Waals surface area contributed by atoms with E-state index in [2.05, 4.69) is 20.6 Å². The molecule has 6 aromatic rings. The van der Waals surface area contributed by atoms with Crippen LogP contribution >= 0.6 is 11.6 Å². The maximum Gasteiger partial charge on any atom is 0.336 e. The van der Waals surface area contributed by atoms with Gasteiger partial charge in [0.05, 0.1) is 49.7 Å². The van der Waals surface area contributed by atoms with Crippen LogP contribution in [0.15, 0.2) is 119 Å². The number of carboxylic acids is 2. The molecule has 8 rings (SSSR count). The molecule has 0 amide bonds. The number of aromatic carboxylic acids is 2. The summed E-state index contributed by atoms with van der Waals surface area (Å²) in [4.78, 5) is 47.7. The normalized spacial score (nSPS) is 11.3. The number of carbonyl (C=O) groups is 2. The van der Waals surface area contributed by atoms with Gasteiger partial charge in [0.25, 0.3) is 0 Å². The van der Waals surface area contributed by atoms with Gasteiger partial charge in [-0.3, -0.25) is 14.8 Å². The lowest BCUT2D eigenvalue weighted by molar-refractivity contribution is 0.0682. The van der Waals surface area contributed by atoms with Gasteiger partial charge >= 0.3 is 11.9 Å². The van der Waals surface area contributed by atoms with Crippen molar-refractivity contribution in [3.05, 3.63) is 147 Å². The fourth-order valence-electron chi connectivity index (χ4n) is 6.70. The molecule has 5 N–H and O–H groups in total. The summed E-state index contributed by atoms with van der Waals surface area (Å²) in [6.07, 6.45) is 3.34. The summed E-state index contributed by atoms with van der Waals surface area (Å²) in [5, 5.41) is 40.2. The van der Waals surface area contributed by atoms with Crippen molar-refractivity contribution >= 4 is 67.7 Å². The lowest BCUT2D eigenvalue weighted by Gasteiger charge is -2.22. The Hall–Kier alpha value is -6.98. The van der Waals surface area contributed by atoms with E-state index in [9.17, 15) is 29.7 Å². The summed E-state index contributed by atoms with van der Waals surface area (Å²) in [7, 11) is 0. The lowest BCUT2D eigenvalue weighted by Crippen LogP contribution is -2.17. The number of benzene rings is 5. The van der Waals surface area contributed by atoms with E-state index >= 15 is 0 Å². The number of rotatable bonds is 9. The van der Waals surface area contributed by atoms with Crippen LogP contribution in [0.1, 0.15) is 31.8 Å². The molecule has 0 saturated heterocycles. The predicted molar refractivity (Wildman–Crippen MR) is 203 cm³/mol. The average molecular weight is 723 g/mol. The van der Waals surface area contributed by atoms with E-state index in [-0.39, 0.29) is 68.6 Å². The van der Waals surface area contributed by atoms with E-state index in [0.717, 1.165) is 10.8 Å². The third-order valence-electron chi connectivity index (χ3n) is 9.20. The van der Waals surface area contributed by atoms with Crippen molar-refractivity contribution in [2.24, 2.45) is 0 Å². The summed E-state index contributed by atoms with van der Waals surface area (Å²) in [6.45, 7) is -0.0452. The quantitative estimate of drug-likeness (QED) is 0.0902. The average Bonchev–Trinajstić information content (AvgIpc) is 3.17. The molecule has 0 saturated carbocycles. The highest BCUT2D eigenvalue weighted by molar-refractivity contribution is 6.31. The molecule has 2 aromatic heterocycles. The highest BCUT2D eigenvalue weighted by Crippen LogP contribution is 2.46. The number of anilines is 2. The van der Waals surface area contributed by atoms with Gasteiger partial charge in [0.15, 0.2) is 0 Å². The Morgan fingerprint density at radius 2 is 1.34 bits per heavy atom. The van der Waals surface area contributed by atoms with E-state index in [4.69, 9.17) is 16.0 Å². The number of phenolic OH excluding ortho intramolecular Hbond substituents is 1. The third kappa shape index (κ3) is 5.88. The first kappa shape index (κ1) is 33.2. The molecule has 260 valence electrons. The molecule has 1 aliphatic heterocycles. The van der Waals surface area contributed by atoms with Crippen LogP contribution in [-0.4, -0.2) is 37.2 Å². The first-order chi connectivity index (χ1) is 25.7. The monoisotopic (exact) mass is 722 g/mol. The number of para-hydroxylation sites is 2. The molecule has 3 heterocycles. The van der Waals surface area contributed by atoms with Crippen LogP contribution in [0.3, 0.4) is 0 Å². The van der Waals surface area contributed by atoms with Crippen molar-refractivity contribution in [1.29, 1.82) is 0 Å². The molecule has 0 fully saturated rings. The van der Waals surface area contributed by atoms with Crippen LogP contribution < -0.4 is 16.1 Å². The van der Waals surface area contributed by atoms with E-state index in [1.165, 1.54) is 30.3 Å². The highest BCUT2D eigenvalue weighted by Gasteiger charge is 2.28. The van der Waals surface area contributed by atoms with E-state index in [0.29, 0.717) is 33.4 Å². The van der Waals surface area contributed by atoms with Crippen LogP contribution in [0.5, 0.6) is 5.75 Å². The zero-order valence-electron chi connectivity index (χ0n) is 27.6. The highest BCUT2D eigenvalue weighted by atomic mass is 35.5. The molecule has 4 aromatic carbocycles. The molecular formula is C41H27ClN4O7. The van der Waals surface area contributed by atoms with Gasteiger partial charge < -0.3 is 30.4 Å². The Morgan fingerprint density at radius 1 is 0.717 bits per heavy atom. The Balaban J connectivity index is 1.38. The fourth-order valence-corrected chi connectivity index (χ4v) is 6.92. The van der Waals surface area contributed by atoms with Crippen LogP contribution in [0, 0.1) is 0 Å². The maximum absolute atomic E-state index is 13.9. The standard InChI is InChI=1S/C41H27ClN4O7/c42-30-18-27-34(26-17-23(40(49)50)11-12-24(26)41(51)52)25-13-14-33(47)28(19-45-31-9-1-5-21-7-3-15-43-35(21)31)38(25)53-39(27)29(37(30)48)20-46-32-10-2-6-22-8-4-16-44-36(22)32/h1-18,45-47H,19-20H2,(H,49,50)(H,51,52). The maximum atomic E-state index is 13.9. The van der Waals surface area contributed by atoms with Gasteiger partial charge in [-0.05, 0) is 66.2 Å². The second-order valence-electron chi connectivity index (χ2n) is 12.3. The number of pyridine rings is 2. The number of carboxylic acid groups (broad SMARTS) is 2. The molecule has 53 heavy (non-hydrogen) atoms. The SMILES string of the molecule is O=C(O)c1ccc(C(=O)O)c(-c2c3cc(Cl)c(=O)c(CNc4cccc5cccnc45)c-3oc3c(CNc4cccc5cccnc45)c(O)ccc23)c1. The number of nitrogens with one attached hydrogen (secondary N) is 2. The Kier molecular flexibility index (Phi) is 8.32. The first-order valence-corrected chi connectivity index (χ1v) is 16.8. The molecular weight excluding hydrogens is 696 g/mol. The van der Waals surface area contributed by atoms with Crippen molar-refractivity contribution in [2.75, 3.05) is 10.6 Å². The van der Waals surface area contributed by atoms with Gasteiger partial charge in [-0.25, -0.2) is 9.59 Å². The Labute approximate surface area is 305 Å². The lowest BCUT2D eigenvalue weighted by atomic mass is 9.87. The van der Waals surface area contributed by atoms with Crippen molar-refractivity contribution in [1.82, 2.24) is 9.97 Å². The van der Waals surface area contributed by atoms with Gasteiger partial charge in [0.2, 0.25) is 5.43 Å². The van der Waals surface area contributed by atoms with Gasteiger partial charge in [-0.2, -0.15) is 0 Å². The van der Waals surface area contributed by atoms with E-state index in [1.54, 1.807) is 18.5 Å². The minimum absolute atomic E-state index is 0.0291. The van der Waals surface area contributed by atoms with E-state index < -0.39 is 17.4 Å². The van der Waals surface area contributed by atoms with Crippen molar-refractivity contribution in [3.63, 3.8) is 0 Å². The molecule has 0 unspecified atom stereocenters. The molecule has 2 aliphatic rings. The Morgan fingerprint density at radius 3 is 1.96 bits per heavy atom. The van der Waals surface area contributed by atoms with Crippen molar-refractivity contribution in [2.45, 2.75) is 13.1 Å². The van der Waals surface area contributed by atoms with Gasteiger partial charge in [-0.15, -0.1) is 0 Å². The van der Waals surface area contributed by atoms with E-state index in [1.807, 2.05) is 60.7 Å². The predicted octanol–water partition coefficient (Wildman–Crippen LogP) is 8.64. The van der Waals surface area contributed by atoms with Crippen LogP contribution in [0.25, 0.3) is 55.2 Å². The number of hydrogen-bond acceptors (Lipinski definition) is 9. The zero-order valence-corrected chi connectivity index (χ0v) is 28.3. The fraction of sp³-hybridized carbons (Fsp3) is 0.0488. The van der Waals surface area contributed by atoms with Gasteiger partial charge in [-0.1, -0.05) is 48.0 Å². The third-order valence-corrected chi connectivity index (χ3v) is 9.48. The Bertz CT molecular complexity index is 2810. The molecule has 0 spiro atoms. The van der Waals surface area contributed by atoms with Crippen LogP contribution in [-0.2, 0) is 13.1 Å². The van der Waals surface area contributed by atoms with Gasteiger partial charge in [0.1, 0.15) is 17.1 Å². The number of phenols is 1. The summed E-state index contributed by atoms with van der Waals surface area (Å²) in [5.74, 6) is -2.64. The number of aromatic hydroxyl groups is 1. The second kappa shape index (κ2) is 13.3. The minimum atomic E-state index is -1.31. The zero-order chi connectivity index (χ0) is 36.8. The summed E-state index contributed by atoms with van der Waals surface area (Å²) < 4.78 is 6.62. The summed E-state index contributed by atoms with van der Waals surface area (Å²) in [5.41, 5.74) is 2.95. The largest absolute Gasteiger partial charge is 0.507 e. The topological polar surface area (TPSA) is 175 Å². The molecule has 1 aliphatic carbocycles. The molecule has 0 radical (unpaired) electrons. The first-order valence-electron chi connectivity index (χ1n) is 16.4. The number of halogens is 1. The number of aromatic nitrogens is 2. The molecule has 0 atom stereocenters. The minimum Gasteiger partial charge on any atom is -0.507 e. The van der Waals surface area contributed by atoms with Crippen LogP contribution in [0.4, 0.5) is 11.4 Å². The molecule has 0 bridgehead atoms. The summed E-state index contributed by atoms with van der Waals surface area (Å²) in [6, 6.07) is 26.8. The van der Waals surface area contributed by atoms with Gasteiger partial charge in [0, 0.05) is 52.8 Å². The summed E-state index contributed by atoms with van der Waals surface area (Å²) >= 11 is 6.63. The molecule has 12 heteroatoms. The molecule has 11 nitrogen and oxygen atoms in total. The number of nitrogens with zero attached hydrogens (tertiary/aromatic N) is 2. The van der Waals surface area contributed by atoms with Crippen molar-refractivity contribution in [3.8, 4) is 28.2 Å².